The first-order valence-corrected chi connectivity index (χ1v) is 5.83. The molecular formula is C10H16O14. The highest BCUT2D eigenvalue weighted by molar-refractivity contribution is 5.62. The van der Waals surface area contributed by atoms with Crippen molar-refractivity contribution in [1.29, 1.82) is 0 Å². The second-order valence-corrected chi connectivity index (χ2v) is 3.27. The quantitative estimate of drug-likeness (QED) is 0.202. The maximum atomic E-state index is 10.6. The molecule has 14 nitrogen and oxygen atoms in total. The molecule has 0 aliphatic carbocycles. The molecule has 3 N–H and O–H groups in total. The molecule has 0 unspecified atom stereocenters. The average Bonchev–Trinajstić information content (AvgIpc) is 2.51. The van der Waals surface area contributed by atoms with Crippen LogP contribution in [0.5, 0.6) is 0 Å². The predicted molar refractivity (Wildman–Crippen MR) is 66.8 cm³/mol. The number of carbonyl (C=O) groups is 4. The van der Waals surface area contributed by atoms with Crippen molar-refractivity contribution in [2.24, 2.45) is 0 Å². The number of hydrogen-bond donors (Lipinski definition) is 3. The van der Waals surface area contributed by atoms with Crippen LogP contribution < -0.4 is 0 Å². The van der Waals surface area contributed by atoms with E-state index in [1.165, 1.54) is 14.2 Å². The molecule has 24 heavy (non-hydrogen) atoms. The summed E-state index contributed by atoms with van der Waals surface area (Å²) in [5.74, 6) is 0. The standard InChI is InChI=1S/C8H14O8.C2H2O6/c1-12-6(13-2)4-3-5-14-8(11)16-15-7(9)10;3-1(4)7-8-2(5)6/h6H,3-5H2,1-2H3,(H,9,10);(H,3,4)(H,5,6). The Balaban J connectivity index is 0. The lowest BCUT2D eigenvalue weighted by molar-refractivity contribution is -0.213. The summed E-state index contributed by atoms with van der Waals surface area (Å²) >= 11 is 0. The summed E-state index contributed by atoms with van der Waals surface area (Å²) < 4.78 is 14.2. The largest absolute Gasteiger partial charge is 0.549 e. The van der Waals surface area contributed by atoms with Gasteiger partial charge in [0, 0.05) is 20.6 Å². The molecule has 0 saturated carbocycles. The van der Waals surface area contributed by atoms with Gasteiger partial charge in [-0.1, -0.05) is 0 Å². The van der Waals surface area contributed by atoms with E-state index in [1.54, 1.807) is 0 Å². The number of hydrogen-bond acceptors (Lipinski definition) is 11. The van der Waals surface area contributed by atoms with Crippen molar-refractivity contribution < 1.29 is 68.3 Å². The van der Waals surface area contributed by atoms with E-state index in [1.807, 2.05) is 0 Å². The first kappa shape index (κ1) is 23.3. The minimum Gasteiger partial charge on any atom is -0.447 e. The second kappa shape index (κ2) is 14.9. The minimum absolute atomic E-state index is 0.0467. The van der Waals surface area contributed by atoms with E-state index in [0.29, 0.717) is 12.8 Å². The van der Waals surface area contributed by atoms with Gasteiger partial charge in [-0.2, -0.15) is 9.68 Å². The number of carbonyl (C=O) groups excluding carboxylic acids is 1. The van der Waals surface area contributed by atoms with Gasteiger partial charge in [-0.15, -0.1) is 0 Å². The SMILES string of the molecule is COC(CCCOC(=O)OOC(=O)O)OC.O=C(O)OOC(=O)O. The van der Waals surface area contributed by atoms with Crippen molar-refractivity contribution in [3.8, 4) is 0 Å². The third kappa shape index (κ3) is 19.0. The minimum atomic E-state index is -1.80. The molecule has 0 aromatic heterocycles. The second-order valence-electron chi connectivity index (χ2n) is 3.27. The topological polar surface area (TPSA) is 194 Å². The molecule has 0 fully saturated rings. The van der Waals surface area contributed by atoms with Crippen molar-refractivity contribution in [1.82, 2.24) is 0 Å². The monoisotopic (exact) mass is 360 g/mol. The molecule has 14 heteroatoms. The summed E-state index contributed by atoms with van der Waals surface area (Å²) in [6.07, 6.45) is -5.89. The van der Waals surface area contributed by atoms with E-state index in [-0.39, 0.29) is 12.9 Å². The predicted octanol–water partition coefficient (Wildman–Crippen LogP) is 1.44. The normalized spacial score (nSPS) is 9.12. The van der Waals surface area contributed by atoms with Crippen molar-refractivity contribution in [2.45, 2.75) is 19.1 Å². The van der Waals surface area contributed by atoms with E-state index in [2.05, 4.69) is 24.3 Å². The summed E-state index contributed by atoms with van der Waals surface area (Å²) in [5.41, 5.74) is 0. The van der Waals surface area contributed by atoms with Crippen LogP contribution in [0.2, 0.25) is 0 Å². The smallest absolute Gasteiger partial charge is 0.447 e. The molecular weight excluding hydrogens is 344 g/mol. The van der Waals surface area contributed by atoms with Crippen LogP contribution in [-0.2, 0) is 33.8 Å². The molecule has 0 spiro atoms. The molecule has 0 aromatic rings. The van der Waals surface area contributed by atoms with Gasteiger partial charge >= 0.3 is 24.6 Å². The van der Waals surface area contributed by atoms with Gasteiger partial charge in [0.05, 0.1) is 6.61 Å². The van der Waals surface area contributed by atoms with Gasteiger partial charge in [-0.3, -0.25) is 0 Å². The van der Waals surface area contributed by atoms with Crippen LogP contribution in [0.25, 0.3) is 0 Å². The van der Waals surface area contributed by atoms with Gasteiger partial charge in [0.2, 0.25) is 0 Å². The van der Waals surface area contributed by atoms with Gasteiger partial charge in [0.15, 0.2) is 6.29 Å². The summed E-state index contributed by atoms with van der Waals surface area (Å²) in [6.45, 7) is 0.0467. The molecule has 0 heterocycles. The summed E-state index contributed by atoms with van der Waals surface area (Å²) in [6, 6.07) is 0. The van der Waals surface area contributed by atoms with Crippen LogP contribution >= 0.6 is 0 Å². The third-order valence-corrected chi connectivity index (χ3v) is 1.70. The number of methoxy groups -OCH3 is 2. The van der Waals surface area contributed by atoms with E-state index in [9.17, 15) is 19.2 Å². The molecule has 0 radical (unpaired) electrons. The van der Waals surface area contributed by atoms with E-state index in [0.717, 1.165) is 0 Å². The molecule has 0 rings (SSSR count). The van der Waals surface area contributed by atoms with Crippen LogP contribution in [0.4, 0.5) is 19.2 Å². The highest BCUT2D eigenvalue weighted by Gasteiger charge is 2.10. The number of rotatable bonds is 6. The Hall–Kier alpha value is -3.00. The highest BCUT2D eigenvalue weighted by Crippen LogP contribution is 2.02. The van der Waals surface area contributed by atoms with Crippen molar-refractivity contribution in [2.75, 3.05) is 20.8 Å². The molecule has 0 aliphatic rings. The highest BCUT2D eigenvalue weighted by atomic mass is 17.3. The van der Waals surface area contributed by atoms with Crippen LogP contribution in [0, 0.1) is 0 Å². The van der Waals surface area contributed by atoms with Crippen LogP contribution in [-0.4, -0.2) is 67.1 Å². The van der Waals surface area contributed by atoms with Crippen LogP contribution in [0.3, 0.4) is 0 Å². The van der Waals surface area contributed by atoms with Crippen LogP contribution in [0.15, 0.2) is 0 Å². The molecule has 0 amide bonds. The summed E-state index contributed by atoms with van der Waals surface area (Å²) in [5, 5.41) is 23.1. The maximum Gasteiger partial charge on any atom is 0.549 e. The fourth-order valence-corrected chi connectivity index (χ4v) is 0.902. The Labute approximate surface area is 134 Å². The van der Waals surface area contributed by atoms with Gasteiger partial charge in [0.1, 0.15) is 0 Å². The molecule has 0 aliphatic heterocycles. The first-order chi connectivity index (χ1) is 11.2. The van der Waals surface area contributed by atoms with Gasteiger partial charge in [-0.05, 0) is 6.42 Å². The Kier molecular flexibility index (Phi) is 14.5. The molecule has 0 saturated heterocycles. The van der Waals surface area contributed by atoms with Gasteiger partial charge in [-0.25, -0.2) is 29.0 Å². The number of carboxylic acid groups (broad SMARTS) is 3. The summed E-state index contributed by atoms with van der Waals surface area (Å²) in [7, 11) is 2.98. The lowest BCUT2D eigenvalue weighted by atomic mass is 10.3. The first-order valence-electron chi connectivity index (χ1n) is 5.83. The Morgan fingerprint density at radius 2 is 1.21 bits per heavy atom. The number of ether oxygens (including phenoxy) is 3. The van der Waals surface area contributed by atoms with Gasteiger partial charge < -0.3 is 29.5 Å². The zero-order chi connectivity index (χ0) is 19.0. The Bertz CT molecular complexity index is 375. The average molecular weight is 360 g/mol. The molecule has 0 aromatic carbocycles. The van der Waals surface area contributed by atoms with Crippen molar-refractivity contribution >= 4 is 24.6 Å². The lowest BCUT2D eigenvalue weighted by Crippen LogP contribution is -2.15. The van der Waals surface area contributed by atoms with Crippen molar-refractivity contribution in [3.05, 3.63) is 0 Å². The Morgan fingerprint density at radius 3 is 1.58 bits per heavy atom. The zero-order valence-electron chi connectivity index (χ0n) is 12.5. The molecule has 140 valence electrons. The van der Waals surface area contributed by atoms with Crippen LogP contribution in [0.1, 0.15) is 12.8 Å². The maximum absolute atomic E-state index is 10.6. The Morgan fingerprint density at radius 1 is 0.792 bits per heavy atom. The molecule has 0 bridgehead atoms. The third-order valence-electron chi connectivity index (χ3n) is 1.70. The lowest BCUT2D eigenvalue weighted by Gasteiger charge is -2.12. The van der Waals surface area contributed by atoms with E-state index in [4.69, 9.17) is 24.8 Å². The molecule has 0 atom stereocenters. The van der Waals surface area contributed by atoms with Crippen molar-refractivity contribution in [3.63, 3.8) is 0 Å². The van der Waals surface area contributed by atoms with E-state index >= 15 is 0 Å². The summed E-state index contributed by atoms with van der Waals surface area (Å²) in [4.78, 5) is 52.5. The fraction of sp³-hybridized carbons (Fsp3) is 0.600. The van der Waals surface area contributed by atoms with E-state index < -0.39 is 24.6 Å². The zero-order valence-corrected chi connectivity index (χ0v) is 12.5. The van der Waals surface area contributed by atoms with Gasteiger partial charge in [0.25, 0.3) is 0 Å². The fourth-order valence-electron chi connectivity index (χ4n) is 0.902.